The molecular formula is C52H32N4OS. The van der Waals surface area contributed by atoms with E-state index in [4.69, 9.17) is 24.4 Å². The molecule has 0 fully saturated rings. The number of benzene rings is 7. The first-order chi connectivity index (χ1) is 28.7. The highest BCUT2D eigenvalue weighted by Gasteiger charge is 2.23. The Morgan fingerprint density at radius 1 is 0.483 bits per heavy atom. The predicted octanol–water partition coefficient (Wildman–Crippen LogP) is 13.7. The summed E-state index contributed by atoms with van der Waals surface area (Å²) >= 11 is 1.90. The quantitative estimate of drug-likeness (QED) is 0.163. The van der Waals surface area contributed by atoms with Gasteiger partial charge in [-0.25, -0.2) is 19.9 Å². The Morgan fingerprint density at radius 2 is 1.09 bits per heavy atom. The van der Waals surface area contributed by atoms with Crippen LogP contribution in [0.3, 0.4) is 0 Å². The van der Waals surface area contributed by atoms with Gasteiger partial charge in [0.1, 0.15) is 11.2 Å². The lowest BCUT2D eigenvalue weighted by Gasteiger charge is -2.18. The Morgan fingerprint density at radius 3 is 1.88 bits per heavy atom. The van der Waals surface area contributed by atoms with Crippen LogP contribution in [0.5, 0.6) is 0 Å². The zero-order chi connectivity index (χ0) is 38.2. The molecular weight excluding hydrogens is 729 g/mol. The maximum atomic E-state index is 6.23. The van der Waals surface area contributed by atoms with Gasteiger partial charge in [0, 0.05) is 64.7 Å². The monoisotopic (exact) mass is 760 g/mol. The molecule has 0 amide bonds. The largest absolute Gasteiger partial charge is 0.456 e. The van der Waals surface area contributed by atoms with Crippen LogP contribution in [0, 0.1) is 0 Å². The number of pyridine rings is 1. The topological polar surface area (TPSA) is 64.7 Å². The van der Waals surface area contributed by atoms with Gasteiger partial charge >= 0.3 is 0 Å². The van der Waals surface area contributed by atoms with Crippen LogP contribution in [0.1, 0.15) is 21.9 Å². The van der Waals surface area contributed by atoms with Crippen molar-refractivity contribution in [1.29, 1.82) is 0 Å². The van der Waals surface area contributed by atoms with Crippen LogP contribution in [0.2, 0.25) is 0 Å². The van der Waals surface area contributed by atoms with Crippen LogP contribution in [-0.4, -0.2) is 19.9 Å². The molecule has 6 heteroatoms. The fourth-order valence-electron chi connectivity index (χ4n) is 8.64. The number of hydrogen-bond donors (Lipinski definition) is 0. The maximum absolute atomic E-state index is 6.23. The predicted molar refractivity (Wildman–Crippen MR) is 239 cm³/mol. The Kier molecular flexibility index (Phi) is 7.46. The average molecular weight is 761 g/mol. The molecule has 7 aromatic carbocycles. The SMILES string of the molecule is C1=CC(c2ccc(-c3nc(-c4ccccc4)nc(-c4ccc5c(c4)oc4ccccc45)n3)cc2)Cc2c1sc1c2ccc2c(-c3ccccc3)nc3ccccc3c21. The first-order valence-corrected chi connectivity index (χ1v) is 20.4. The molecule has 11 aromatic rings. The van der Waals surface area contributed by atoms with E-state index in [1.165, 1.54) is 42.2 Å². The minimum absolute atomic E-state index is 0.244. The van der Waals surface area contributed by atoms with Gasteiger partial charge < -0.3 is 4.42 Å². The van der Waals surface area contributed by atoms with Gasteiger partial charge in [0.25, 0.3) is 0 Å². The Balaban J connectivity index is 0.908. The summed E-state index contributed by atoms with van der Waals surface area (Å²) in [5.74, 6) is 2.12. The summed E-state index contributed by atoms with van der Waals surface area (Å²) in [6, 6.07) is 56.9. The van der Waals surface area contributed by atoms with E-state index in [1.54, 1.807) is 0 Å². The Bertz CT molecular complexity index is 3420. The molecule has 0 saturated heterocycles. The lowest BCUT2D eigenvalue weighted by molar-refractivity contribution is 0.669. The van der Waals surface area contributed by atoms with Crippen LogP contribution >= 0.6 is 11.3 Å². The Hall–Kier alpha value is -7.28. The summed E-state index contributed by atoms with van der Waals surface area (Å²) in [6.45, 7) is 0. The lowest BCUT2D eigenvalue weighted by Crippen LogP contribution is -2.04. The molecule has 0 saturated carbocycles. The Labute approximate surface area is 337 Å². The molecule has 0 radical (unpaired) electrons. The van der Waals surface area contributed by atoms with E-state index in [2.05, 4.69) is 121 Å². The molecule has 0 spiro atoms. The second kappa shape index (κ2) is 13.2. The van der Waals surface area contributed by atoms with Gasteiger partial charge in [-0.05, 0) is 53.3 Å². The molecule has 1 unspecified atom stereocenters. The minimum Gasteiger partial charge on any atom is -0.456 e. The van der Waals surface area contributed by atoms with E-state index < -0.39 is 0 Å². The summed E-state index contributed by atoms with van der Waals surface area (Å²) in [4.78, 5) is 21.5. The second-order valence-electron chi connectivity index (χ2n) is 14.9. The summed E-state index contributed by atoms with van der Waals surface area (Å²) in [6.07, 6.45) is 5.63. The van der Waals surface area contributed by atoms with Gasteiger partial charge in [0.15, 0.2) is 17.5 Å². The molecule has 1 atom stereocenters. The van der Waals surface area contributed by atoms with Crippen molar-refractivity contribution in [3.63, 3.8) is 0 Å². The zero-order valence-electron chi connectivity index (χ0n) is 31.1. The van der Waals surface area contributed by atoms with Crippen molar-refractivity contribution < 1.29 is 4.42 Å². The fourth-order valence-corrected chi connectivity index (χ4v) is 9.94. The molecule has 5 nitrogen and oxygen atoms in total. The molecule has 4 aromatic heterocycles. The number of aromatic nitrogens is 4. The number of thiophene rings is 1. The zero-order valence-corrected chi connectivity index (χ0v) is 31.9. The number of furan rings is 1. The van der Waals surface area contributed by atoms with Gasteiger partial charge in [0.2, 0.25) is 0 Å². The number of rotatable bonds is 5. The molecule has 4 heterocycles. The fraction of sp³-hybridized carbons (Fsp3) is 0.0385. The van der Waals surface area contributed by atoms with Crippen molar-refractivity contribution >= 4 is 71.1 Å². The van der Waals surface area contributed by atoms with Crippen molar-refractivity contribution in [3.05, 3.63) is 186 Å². The highest BCUT2D eigenvalue weighted by molar-refractivity contribution is 7.21. The van der Waals surface area contributed by atoms with E-state index in [1.807, 2.05) is 65.9 Å². The van der Waals surface area contributed by atoms with Gasteiger partial charge in [0.05, 0.1) is 11.2 Å². The summed E-state index contributed by atoms with van der Waals surface area (Å²) in [5, 5.41) is 7.19. The van der Waals surface area contributed by atoms with E-state index in [0.717, 1.165) is 61.8 Å². The van der Waals surface area contributed by atoms with Gasteiger partial charge in [-0.1, -0.05) is 146 Å². The third-order valence-electron chi connectivity index (χ3n) is 11.5. The van der Waals surface area contributed by atoms with E-state index in [-0.39, 0.29) is 5.92 Å². The molecule has 0 aliphatic heterocycles. The molecule has 272 valence electrons. The second-order valence-corrected chi connectivity index (χ2v) is 16.0. The normalized spacial score (nSPS) is 13.9. The van der Waals surface area contributed by atoms with Crippen LogP contribution in [0.25, 0.3) is 105 Å². The van der Waals surface area contributed by atoms with E-state index in [9.17, 15) is 0 Å². The minimum atomic E-state index is 0.244. The third kappa shape index (κ3) is 5.37. The van der Waals surface area contributed by atoms with E-state index >= 15 is 0 Å². The van der Waals surface area contributed by atoms with Crippen molar-refractivity contribution in [1.82, 2.24) is 19.9 Å². The summed E-state index contributed by atoms with van der Waals surface area (Å²) < 4.78 is 7.57. The standard InChI is InChI=1S/C52H32N4OS/c1-3-11-32(12-4-1)48-41-27-26-39-42-29-35(24-28-46(42)58-49(39)47(41)40-16-7-9-17-43(40)53-48)31-19-21-34(22-20-31)51-54-50(33-13-5-2-6-14-33)55-52(56-51)36-23-25-38-37-15-8-10-18-44(37)57-45(38)30-36/h1-28,30,35H,29H2. The number of nitrogens with zero attached hydrogens (tertiary/aromatic N) is 4. The van der Waals surface area contributed by atoms with Crippen molar-refractivity contribution in [2.75, 3.05) is 0 Å². The smallest absolute Gasteiger partial charge is 0.164 e. The van der Waals surface area contributed by atoms with E-state index in [0.29, 0.717) is 17.5 Å². The first-order valence-electron chi connectivity index (χ1n) is 19.6. The van der Waals surface area contributed by atoms with Crippen LogP contribution < -0.4 is 0 Å². The van der Waals surface area contributed by atoms with Gasteiger partial charge in [-0.2, -0.15) is 0 Å². The molecule has 1 aliphatic carbocycles. The van der Waals surface area contributed by atoms with Crippen LogP contribution in [0.4, 0.5) is 0 Å². The van der Waals surface area contributed by atoms with Crippen LogP contribution in [0.15, 0.2) is 174 Å². The maximum Gasteiger partial charge on any atom is 0.164 e. The first kappa shape index (κ1) is 32.9. The number of allylic oxidation sites excluding steroid dienone is 1. The number of para-hydroxylation sites is 2. The summed E-state index contributed by atoms with van der Waals surface area (Å²) in [5.41, 5.74) is 10.3. The lowest BCUT2D eigenvalue weighted by atomic mass is 9.86. The van der Waals surface area contributed by atoms with Crippen LogP contribution in [-0.2, 0) is 6.42 Å². The molecule has 0 bridgehead atoms. The molecule has 58 heavy (non-hydrogen) atoms. The highest BCUT2D eigenvalue weighted by atomic mass is 32.1. The molecule has 12 rings (SSSR count). The van der Waals surface area contributed by atoms with Crippen molar-refractivity contribution in [3.8, 4) is 45.4 Å². The summed E-state index contributed by atoms with van der Waals surface area (Å²) in [7, 11) is 0. The number of hydrogen-bond acceptors (Lipinski definition) is 6. The molecule has 0 N–H and O–H groups in total. The van der Waals surface area contributed by atoms with Gasteiger partial charge in [-0.15, -0.1) is 11.3 Å². The molecule has 1 aliphatic rings. The highest BCUT2D eigenvalue weighted by Crippen LogP contribution is 2.46. The average Bonchev–Trinajstić information content (AvgIpc) is 3.87. The van der Waals surface area contributed by atoms with Crippen molar-refractivity contribution in [2.45, 2.75) is 12.3 Å². The third-order valence-corrected chi connectivity index (χ3v) is 12.7. The van der Waals surface area contributed by atoms with Crippen molar-refractivity contribution in [2.24, 2.45) is 0 Å². The number of fused-ring (bicyclic) bond motifs is 10. The van der Waals surface area contributed by atoms with Gasteiger partial charge in [-0.3, -0.25) is 0 Å².